The van der Waals surface area contributed by atoms with E-state index in [9.17, 15) is 26.3 Å². The average Bonchev–Trinajstić information content (AvgIpc) is 1.56. The number of hydrogen-bond acceptors (Lipinski definition) is 0. The quantitative estimate of drug-likeness (QED) is 0.392. The Morgan fingerprint density at radius 1 is 0.909 bits per heavy atom. The van der Waals surface area contributed by atoms with Crippen LogP contribution in [-0.2, 0) is 0 Å². The molecule has 0 aliphatic heterocycles. The van der Waals surface area contributed by atoms with Crippen molar-refractivity contribution in [3.05, 3.63) is 0 Å². The third-order valence-electron chi connectivity index (χ3n) is 0.821. The van der Waals surface area contributed by atoms with Crippen molar-refractivity contribution in [3.8, 4) is 12.3 Å². The highest BCUT2D eigenvalue weighted by atomic mass is 19.4. The SMILES string of the molecule is C#CC(C(F)(F)F)C(F)(F)F. The Kier molecular flexibility index (Phi) is 2.44. The molecule has 0 atom stereocenters. The number of terminal acetylenes is 1. The van der Waals surface area contributed by atoms with Crippen LogP contribution in [-0.4, -0.2) is 12.4 Å². The minimum absolute atomic E-state index is 0.632. The van der Waals surface area contributed by atoms with Crippen LogP contribution < -0.4 is 0 Å². The lowest BCUT2D eigenvalue weighted by Crippen LogP contribution is -2.34. The minimum atomic E-state index is -5.41. The molecule has 0 radical (unpaired) electrons. The summed E-state index contributed by atoms with van der Waals surface area (Å²) in [5.41, 5.74) is 0. The number of alkyl halides is 6. The molecule has 0 aromatic rings. The van der Waals surface area contributed by atoms with Crippen molar-refractivity contribution in [3.63, 3.8) is 0 Å². The Hall–Kier alpha value is -0.860. The summed E-state index contributed by atoms with van der Waals surface area (Å²) in [6, 6.07) is 0. The summed E-state index contributed by atoms with van der Waals surface area (Å²) in [5.74, 6) is -3.03. The Labute approximate surface area is 58.2 Å². The van der Waals surface area contributed by atoms with E-state index in [4.69, 9.17) is 0 Å². The Balaban J connectivity index is 4.60. The zero-order valence-electron chi connectivity index (χ0n) is 4.92. The Bertz CT molecular complexity index is 153. The summed E-state index contributed by atoms with van der Waals surface area (Å²) in [4.78, 5) is 0. The molecule has 0 N–H and O–H groups in total. The first kappa shape index (κ1) is 10.1. The van der Waals surface area contributed by atoms with Gasteiger partial charge in [-0.1, -0.05) is 5.92 Å². The second-order valence-corrected chi connectivity index (χ2v) is 1.68. The lowest BCUT2D eigenvalue weighted by atomic mass is 10.1. The third-order valence-corrected chi connectivity index (χ3v) is 0.821. The molecular weight excluding hydrogens is 174 g/mol. The standard InChI is InChI=1S/C5H2F6/c1-2-3(4(6,7)8)5(9,10)11/h1,3H. The van der Waals surface area contributed by atoms with Crippen molar-refractivity contribution in [1.29, 1.82) is 0 Å². The fraction of sp³-hybridized carbons (Fsp3) is 0.600. The van der Waals surface area contributed by atoms with Crippen molar-refractivity contribution in [1.82, 2.24) is 0 Å². The lowest BCUT2D eigenvalue weighted by Gasteiger charge is -2.17. The summed E-state index contributed by atoms with van der Waals surface area (Å²) in [5, 5.41) is 0. The molecule has 64 valence electrons. The van der Waals surface area contributed by atoms with Crippen LogP contribution in [0.3, 0.4) is 0 Å². The molecule has 0 unspecified atom stereocenters. The Morgan fingerprint density at radius 2 is 1.18 bits per heavy atom. The fourth-order valence-electron chi connectivity index (χ4n) is 0.375. The average molecular weight is 176 g/mol. The fourth-order valence-corrected chi connectivity index (χ4v) is 0.375. The summed E-state index contributed by atoms with van der Waals surface area (Å²) < 4.78 is 68.1. The third kappa shape index (κ3) is 2.70. The molecule has 6 heteroatoms. The van der Waals surface area contributed by atoms with Gasteiger partial charge in [0, 0.05) is 0 Å². The van der Waals surface area contributed by atoms with Gasteiger partial charge in [0.05, 0.1) is 0 Å². The highest BCUT2D eigenvalue weighted by Gasteiger charge is 2.55. The van der Waals surface area contributed by atoms with E-state index in [1.807, 2.05) is 0 Å². The maximum absolute atomic E-state index is 11.4. The maximum atomic E-state index is 11.4. The highest BCUT2D eigenvalue weighted by Crippen LogP contribution is 2.38. The van der Waals surface area contributed by atoms with E-state index in [2.05, 4.69) is 6.42 Å². The normalized spacial score (nSPS) is 13.3. The van der Waals surface area contributed by atoms with E-state index < -0.39 is 18.3 Å². The van der Waals surface area contributed by atoms with Crippen LogP contribution in [0.1, 0.15) is 0 Å². The van der Waals surface area contributed by atoms with Gasteiger partial charge in [0.1, 0.15) is 0 Å². The number of rotatable bonds is 0. The predicted molar refractivity (Wildman–Crippen MR) is 24.4 cm³/mol. The second-order valence-electron chi connectivity index (χ2n) is 1.68. The largest absolute Gasteiger partial charge is 0.411 e. The van der Waals surface area contributed by atoms with Gasteiger partial charge < -0.3 is 0 Å². The van der Waals surface area contributed by atoms with Crippen molar-refractivity contribution in [2.24, 2.45) is 5.92 Å². The molecule has 11 heavy (non-hydrogen) atoms. The van der Waals surface area contributed by atoms with Crippen molar-refractivity contribution < 1.29 is 26.3 Å². The molecular formula is C5H2F6. The summed E-state index contributed by atoms with van der Waals surface area (Å²) in [6.07, 6.45) is -6.76. The van der Waals surface area contributed by atoms with Crippen LogP contribution >= 0.6 is 0 Å². The summed E-state index contributed by atoms with van der Waals surface area (Å²) in [7, 11) is 0. The van der Waals surface area contributed by atoms with E-state index in [-0.39, 0.29) is 0 Å². The molecule has 0 amide bonds. The van der Waals surface area contributed by atoms with Gasteiger partial charge in [0.2, 0.25) is 5.92 Å². The molecule has 0 aliphatic carbocycles. The van der Waals surface area contributed by atoms with Gasteiger partial charge in [-0.15, -0.1) is 6.42 Å². The van der Waals surface area contributed by atoms with Gasteiger partial charge in [-0.2, -0.15) is 26.3 Å². The molecule has 0 spiro atoms. The van der Waals surface area contributed by atoms with Gasteiger partial charge in [0.25, 0.3) is 0 Å². The number of halogens is 6. The maximum Gasteiger partial charge on any atom is 0.411 e. The van der Waals surface area contributed by atoms with E-state index in [1.165, 1.54) is 0 Å². The molecule has 0 saturated carbocycles. The highest BCUT2D eigenvalue weighted by molar-refractivity contribution is 5.00. The summed E-state index contributed by atoms with van der Waals surface area (Å²) >= 11 is 0. The molecule has 0 rings (SSSR count). The van der Waals surface area contributed by atoms with E-state index in [0.717, 1.165) is 0 Å². The predicted octanol–water partition coefficient (Wildman–Crippen LogP) is 2.36. The molecule has 0 aromatic carbocycles. The molecule has 0 heterocycles. The van der Waals surface area contributed by atoms with Gasteiger partial charge >= 0.3 is 12.4 Å². The molecule has 0 saturated heterocycles. The van der Waals surface area contributed by atoms with E-state index in [1.54, 1.807) is 0 Å². The smallest absolute Gasteiger partial charge is 0.169 e. The Morgan fingerprint density at radius 3 is 1.18 bits per heavy atom. The lowest BCUT2D eigenvalue weighted by molar-refractivity contribution is -0.264. The van der Waals surface area contributed by atoms with Crippen molar-refractivity contribution >= 4 is 0 Å². The van der Waals surface area contributed by atoms with Crippen molar-refractivity contribution in [2.45, 2.75) is 12.4 Å². The van der Waals surface area contributed by atoms with Crippen LogP contribution in [0.25, 0.3) is 0 Å². The van der Waals surface area contributed by atoms with Crippen LogP contribution in [0.2, 0.25) is 0 Å². The monoisotopic (exact) mass is 176 g/mol. The van der Waals surface area contributed by atoms with Crippen LogP contribution in [0, 0.1) is 18.3 Å². The first-order chi connectivity index (χ1) is 4.69. The topological polar surface area (TPSA) is 0 Å². The summed E-state index contributed by atoms with van der Waals surface area (Å²) in [6.45, 7) is 0. The van der Waals surface area contributed by atoms with Crippen LogP contribution in [0.15, 0.2) is 0 Å². The minimum Gasteiger partial charge on any atom is -0.169 e. The molecule has 0 nitrogen and oxygen atoms in total. The van der Waals surface area contributed by atoms with Crippen molar-refractivity contribution in [2.75, 3.05) is 0 Å². The molecule has 0 aromatic heterocycles. The first-order valence-electron chi connectivity index (χ1n) is 2.29. The van der Waals surface area contributed by atoms with Gasteiger partial charge in [-0.3, -0.25) is 0 Å². The van der Waals surface area contributed by atoms with Gasteiger partial charge in [0.15, 0.2) is 0 Å². The first-order valence-corrected chi connectivity index (χ1v) is 2.29. The van der Waals surface area contributed by atoms with E-state index >= 15 is 0 Å². The van der Waals surface area contributed by atoms with Crippen LogP contribution in [0.4, 0.5) is 26.3 Å². The van der Waals surface area contributed by atoms with Crippen LogP contribution in [0.5, 0.6) is 0 Å². The van der Waals surface area contributed by atoms with Gasteiger partial charge in [-0.25, -0.2) is 0 Å². The zero-order chi connectivity index (χ0) is 9.28. The molecule has 0 bridgehead atoms. The van der Waals surface area contributed by atoms with Gasteiger partial charge in [-0.05, 0) is 0 Å². The number of hydrogen-bond donors (Lipinski definition) is 0. The zero-order valence-corrected chi connectivity index (χ0v) is 4.92. The second kappa shape index (κ2) is 2.64. The molecule has 0 aliphatic rings. The molecule has 0 fully saturated rings. The van der Waals surface area contributed by atoms with E-state index in [0.29, 0.717) is 5.92 Å².